The number of halogens is 1. The van der Waals surface area contributed by atoms with Crippen LogP contribution in [-0.2, 0) is 6.54 Å². The minimum absolute atomic E-state index is 0.378. The van der Waals surface area contributed by atoms with Gasteiger partial charge in [-0.2, -0.15) is 0 Å². The van der Waals surface area contributed by atoms with Gasteiger partial charge in [-0.25, -0.2) is 9.37 Å². The largest absolute Gasteiger partial charge is 0.491 e. The second kappa shape index (κ2) is 5.64. The van der Waals surface area contributed by atoms with Crippen LogP contribution >= 0.6 is 0 Å². The molecule has 0 unspecified atom stereocenters. The van der Waals surface area contributed by atoms with Crippen molar-refractivity contribution >= 4 is 0 Å². The molecule has 18 heavy (non-hydrogen) atoms. The third-order valence-electron chi connectivity index (χ3n) is 2.59. The van der Waals surface area contributed by atoms with Gasteiger partial charge in [0.25, 0.3) is 0 Å². The topological polar surface area (TPSA) is 47.3 Å². The zero-order valence-corrected chi connectivity index (χ0v) is 10.1. The molecular formula is C13H15FN2O2. The summed E-state index contributed by atoms with van der Waals surface area (Å²) in [6.07, 6.45) is 4.51. The van der Waals surface area contributed by atoms with Crippen molar-refractivity contribution in [1.29, 1.82) is 0 Å². The molecule has 2 rings (SSSR count). The van der Waals surface area contributed by atoms with E-state index in [0.29, 0.717) is 24.5 Å². The molecule has 0 spiro atoms. The highest BCUT2D eigenvalue weighted by molar-refractivity contribution is 5.35. The number of benzene rings is 1. The Morgan fingerprint density at radius 3 is 3.00 bits per heavy atom. The number of imidazole rings is 1. The normalized spacial score (nSPS) is 12.4. The van der Waals surface area contributed by atoms with Crippen LogP contribution in [0.15, 0.2) is 36.9 Å². The average Bonchev–Trinajstić information content (AvgIpc) is 2.82. The molecule has 4 nitrogen and oxygen atoms in total. The van der Waals surface area contributed by atoms with Gasteiger partial charge in [0.1, 0.15) is 18.2 Å². The number of hydrogen-bond acceptors (Lipinski definition) is 3. The Bertz CT molecular complexity index is 498. The number of aliphatic hydroxyl groups is 1. The summed E-state index contributed by atoms with van der Waals surface area (Å²) >= 11 is 0. The summed E-state index contributed by atoms with van der Waals surface area (Å²) < 4.78 is 20.5. The van der Waals surface area contributed by atoms with Gasteiger partial charge >= 0.3 is 0 Å². The summed E-state index contributed by atoms with van der Waals surface area (Å²) in [5.74, 6) is 0.00199. The van der Waals surface area contributed by atoms with Crippen molar-refractivity contribution in [3.8, 4) is 5.75 Å². The third-order valence-corrected chi connectivity index (χ3v) is 2.59. The van der Waals surface area contributed by atoms with E-state index in [9.17, 15) is 9.50 Å². The van der Waals surface area contributed by atoms with Crippen LogP contribution in [0, 0.1) is 5.82 Å². The van der Waals surface area contributed by atoms with Gasteiger partial charge in [0, 0.05) is 24.0 Å². The predicted octanol–water partition coefficient (Wildman–Crippen LogP) is 2.15. The highest BCUT2D eigenvalue weighted by atomic mass is 19.1. The van der Waals surface area contributed by atoms with Crippen molar-refractivity contribution < 1.29 is 14.2 Å². The van der Waals surface area contributed by atoms with Crippen LogP contribution in [0.4, 0.5) is 4.39 Å². The van der Waals surface area contributed by atoms with Crippen molar-refractivity contribution in [3.63, 3.8) is 0 Å². The summed E-state index contributed by atoms with van der Waals surface area (Å²) in [6.45, 7) is 2.63. The Balaban J connectivity index is 2.01. The van der Waals surface area contributed by atoms with Gasteiger partial charge in [0.05, 0.1) is 19.0 Å². The fourth-order valence-corrected chi connectivity index (χ4v) is 1.66. The second-order valence-corrected chi connectivity index (χ2v) is 4.01. The first-order valence-electron chi connectivity index (χ1n) is 5.73. The van der Waals surface area contributed by atoms with Crippen molar-refractivity contribution in [3.05, 3.63) is 48.3 Å². The molecule has 0 bridgehead atoms. The van der Waals surface area contributed by atoms with E-state index in [-0.39, 0.29) is 5.82 Å². The standard InChI is InChI=1S/C13H15FN2O2/c1-10(17)12-3-2-11(14)8-13(12)18-7-6-16-5-4-15-9-16/h2-5,8-10,17H,6-7H2,1H3/t10-/m1/s1. The van der Waals surface area contributed by atoms with E-state index in [4.69, 9.17) is 4.74 Å². The van der Waals surface area contributed by atoms with E-state index in [1.807, 2.05) is 10.8 Å². The second-order valence-electron chi connectivity index (χ2n) is 4.01. The van der Waals surface area contributed by atoms with E-state index >= 15 is 0 Å². The van der Waals surface area contributed by atoms with Crippen LogP contribution in [0.3, 0.4) is 0 Å². The van der Waals surface area contributed by atoms with Gasteiger partial charge in [0.2, 0.25) is 0 Å². The molecule has 0 aliphatic heterocycles. The lowest BCUT2D eigenvalue weighted by molar-refractivity contribution is 0.190. The van der Waals surface area contributed by atoms with Gasteiger partial charge in [-0.3, -0.25) is 0 Å². The lowest BCUT2D eigenvalue weighted by Gasteiger charge is -2.13. The summed E-state index contributed by atoms with van der Waals surface area (Å²) in [6, 6.07) is 4.13. The Kier molecular flexibility index (Phi) is 3.94. The third kappa shape index (κ3) is 3.07. The molecule has 0 aliphatic carbocycles. The first kappa shape index (κ1) is 12.6. The maximum atomic E-state index is 13.1. The molecule has 2 aromatic rings. The van der Waals surface area contributed by atoms with Crippen LogP contribution in [0.25, 0.3) is 0 Å². The monoisotopic (exact) mass is 250 g/mol. The average molecular weight is 250 g/mol. The maximum absolute atomic E-state index is 13.1. The predicted molar refractivity (Wildman–Crippen MR) is 64.8 cm³/mol. The number of aromatic nitrogens is 2. The summed E-state index contributed by atoms with van der Waals surface area (Å²) in [5.41, 5.74) is 0.585. The molecule has 96 valence electrons. The quantitative estimate of drug-likeness (QED) is 0.884. The van der Waals surface area contributed by atoms with E-state index < -0.39 is 6.10 Å². The van der Waals surface area contributed by atoms with Crippen molar-refractivity contribution in [2.75, 3.05) is 6.61 Å². The number of aliphatic hydroxyl groups excluding tert-OH is 1. The Hall–Kier alpha value is -1.88. The SMILES string of the molecule is C[C@@H](O)c1ccc(F)cc1OCCn1ccnc1. The Labute approximate surface area is 105 Å². The van der Waals surface area contributed by atoms with E-state index in [1.54, 1.807) is 19.4 Å². The van der Waals surface area contributed by atoms with E-state index in [1.165, 1.54) is 18.2 Å². The van der Waals surface area contributed by atoms with Crippen molar-refractivity contribution in [2.24, 2.45) is 0 Å². The number of nitrogens with zero attached hydrogens (tertiary/aromatic N) is 2. The number of ether oxygens (including phenoxy) is 1. The molecule has 0 saturated carbocycles. The number of hydrogen-bond donors (Lipinski definition) is 1. The molecule has 1 aromatic carbocycles. The first-order chi connectivity index (χ1) is 8.66. The lowest BCUT2D eigenvalue weighted by atomic mass is 10.1. The van der Waals surface area contributed by atoms with Crippen LogP contribution in [0.1, 0.15) is 18.6 Å². The van der Waals surface area contributed by atoms with Crippen molar-refractivity contribution in [1.82, 2.24) is 9.55 Å². The fourth-order valence-electron chi connectivity index (χ4n) is 1.66. The minimum Gasteiger partial charge on any atom is -0.491 e. The molecule has 0 radical (unpaired) electrons. The van der Waals surface area contributed by atoms with E-state index in [0.717, 1.165) is 0 Å². The highest BCUT2D eigenvalue weighted by Crippen LogP contribution is 2.25. The minimum atomic E-state index is -0.686. The van der Waals surface area contributed by atoms with Crippen molar-refractivity contribution in [2.45, 2.75) is 19.6 Å². The lowest BCUT2D eigenvalue weighted by Crippen LogP contribution is -2.08. The molecule has 0 amide bonds. The van der Waals surface area contributed by atoms with Gasteiger partial charge in [-0.1, -0.05) is 0 Å². The van der Waals surface area contributed by atoms with Crippen LogP contribution < -0.4 is 4.74 Å². The summed E-state index contributed by atoms with van der Waals surface area (Å²) in [5, 5.41) is 9.56. The molecule has 0 aliphatic rings. The molecule has 1 N–H and O–H groups in total. The summed E-state index contributed by atoms with van der Waals surface area (Å²) in [4.78, 5) is 3.92. The Morgan fingerprint density at radius 2 is 2.33 bits per heavy atom. The molecule has 0 fully saturated rings. The zero-order chi connectivity index (χ0) is 13.0. The Morgan fingerprint density at radius 1 is 1.50 bits per heavy atom. The molecule has 1 aromatic heterocycles. The van der Waals surface area contributed by atoms with Gasteiger partial charge < -0.3 is 14.4 Å². The molecule has 1 heterocycles. The maximum Gasteiger partial charge on any atom is 0.128 e. The zero-order valence-electron chi connectivity index (χ0n) is 10.1. The molecule has 0 saturated heterocycles. The van der Waals surface area contributed by atoms with Crippen LogP contribution in [0.5, 0.6) is 5.75 Å². The first-order valence-corrected chi connectivity index (χ1v) is 5.73. The molecule has 1 atom stereocenters. The van der Waals surface area contributed by atoms with Gasteiger partial charge in [0.15, 0.2) is 0 Å². The molecular weight excluding hydrogens is 235 g/mol. The highest BCUT2D eigenvalue weighted by Gasteiger charge is 2.10. The number of rotatable bonds is 5. The summed E-state index contributed by atoms with van der Waals surface area (Å²) in [7, 11) is 0. The fraction of sp³-hybridized carbons (Fsp3) is 0.308. The smallest absolute Gasteiger partial charge is 0.128 e. The molecule has 5 heteroatoms. The van der Waals surface area contributed by atoms with E-state index in [2.05, 4.69) is 4.98 Å². The van der Waals surface area contributed by atoms with Crippen LogP contribution in [0.2, 0.25) is 0 Å². The van der Waals surface area contributed by atoms with Gasteiger partial charge in [-0.05, 0) is 19.1 Å². The van der Waals surface area contributed by atoms with Gasteiger partial charge in [-0.15, -0.1) is 0 Å². The van der Waals surface area contributed by atoms with Crippen LogP contribution in [-0.4, -0.2) is 21.3 Å².